The number of likely N-dealkylation sites (tertiary alicyclic amines) is 2. The van der Waals surface area contributed by atoms with Gasteiger partial charge in [0.1, 0.15) is 11.5 Å². The van der Waals surface area contributed by atoms with Crippen LogP contribution in [0, 0.1) is 0 Å². The van der Waals surface area contributed by atoms with Gasteiger partial charge >= 0.3 is 0 Å². The van der Waals surface area contributed by atoms with E-state index in [2.05, 4.69) is 0 Å². The zero-order valence-electron chi connectivity index (χ0n) is 19.4. The Bertz CT molecular complexity index is 1010. The third-order valence-electron chi connectivity index (χ3n) is 6.53. The first-order valence-corrected chi connectivity index (χ1v) is 12.1. The Morgan fingerprint density at radius 3 is 1.38 bits per heavy atom. The van der Waals surface area contributed by atoms with Crippen molar-refractivity contribution in [3.63, 3.8) is 0 Å². The molecule has 0 aliphatic carbocycles. The lowest BCUT2D eigenvalue weighted by Crippen LogP contribution is -2.34. The van der Waals surface area contributed by atoms with E-state index in [0.29, 0.717) is 11.1 Å². The van der Waals surface area contributed by atoms with E-state index in [1.54, 1.807) is 36.4 Å². The second-order valence-corrected chi connectivity index (χ2v) is 8.99. The summed E-state index contributed by atoms with van der Waals surface area (Å²) in [5, 5.41) is 20.6. The molecular weight excluding hydrogens is 428 g/mol. The van der Waals surface area contributed by atoms with Gasteiger partial charge in [-0.05, 0) is 86.1 Å². The summed E-state index contributed by atoms with van der Waals surface area (Å²) in [6, 6.07) is 10.4. The highest BCUT2D eigenvalue weighted by atomic mass is 16.3. The van der Waals surface area contributed by atoms with Crippen LogP contribution in [0.1, 0.15) is 49.7 Å². The molecule has 2 N–H and O–H groups in total. The molecule has 0 radical (unpaired) electrons. The normalized spacial score (nSPS) is 16.9. The predicted octanol–water partition coefficient (Wildman–Crippen LogP) is 4.82. The van der Waals surface area contributed by atoms with E-state index >= 15 is 0 Å². The third-order valence-corrected chi connectivity index (χ3v) is 6.53. The average molecular weight is 461 g/mol. The van der Waals surface area contributed by atoms with Crippen LogP contribution in [0.5, 0.6) is 11.5 Å². The summed E-state index contributed by atoms with van der Waals surface area (Å²) in [5.74, 6) is 0.106. The average Bonchev–Trinajstić information content (AvgIpc) is 2.88. The Morgan fingerprint density at radius 2 is 1.00 bits per heavy atom. The maximum absolute atomic E-state index is 12.5. The SMILES string of the molecule is O=C(C=Cc1cc(-c2ccc(O)c(C=CC(=O)N3CCCCC3)c2)ccc1O)N1CCCCC1. The molecule has 2 aliphatic rings. The Morgan fingerprint density at radius 1 is 0.618 bits per heavy atom. The zero-order chi connectivity index (χ0) is 23.9. The fraction of sp³-hybridized carbons (Fsp3) is 0.357. The Hall–Kier alpha value is -3.54. The minimum absolute atomic E-state index is 0.0417. The first-order chi connectivity index (χ1) is 16.5. The van der Waals surface area contributed by atoms with Gasteiger partial charge in [0.2, 0.25) is 11.8 Å². The van der Waals surface area contributed by atoms with E-state index in [1.165, 1.54) is 12.2 Å². The largest absolute Gasteiger partial charge is 0.507 e. The number of rotatable bonds is 5. The summed E-state index contributed by atoms with van der Waals surface area (Å²) in [4.78, 5) is 28.6. The van der Waals surface area contributed by atoms with E-state index in [9.17, 15) is 19.8 Å². The lowest BCUT2D eigenvalue weighted by atomic mass is 9.99. The molecule has 178 valence electrons. The van der Waals surface area contributed by atoms with Crippen molar-refractivity contribution in [2.24, 2.45) is 0 Å². The number of hydrogen-bond acceptors (Lipinski definition) is 4. The molecular formula is C28H32N2O4. The fourth-order valence-corrected chi connectivity index (χ4v) is 4.50. The number of aromatic hydroxyl groups is 2. The zero-order valence-corrected chi connectivity index (χ0v) is 19.4. The van der Waals surface area contributed by atoms with Gasteiger partial charge in [-0.3, -0.25) is 9.59 Å². The fourth-order valence-electron chi connectivity index (χ4n) is 4.50. The van der Waals surface area contributed by atoms with Gasteiger partial charge in [-0.1, -0.05) is 12.1 Å². The number of amides is 2. The molecule has 0 unspecified atom stereocenters. The van der Waals surface area contributed by atoms with Crippen LogP contribution < -0.4 is 0 Å². The number of hydrogen-bond donors (Lipinski definition) is 2. The minimum Gasteiger partial charge on any atom is -0.507 e. The summed E-state index contributed by atoms with van der Waals surface area (Å²) >= 11 is 0. The maximum Gasteiger partial charge on any atom is 0.246 e. The predicted molar refractivity (Wildman–Crippen MR) is 134 cm³/mol. The van der Waals surface area contributed by atoms with E-state index in [4.69, 9.17) is 0 Å². The Labute approximate surface area is 200 Å². The summed E-state index contributed by atoms with van der Waals surface area (Å²) in [6.45, 7) is 3.11. The van der Waals surface area contributed by atoms with Crippen molar-refractivity contribution in [1.82, 2.24) is 9.80 Å². The molecule has 0 aromatic heterocycles. The number of nitrogens with zero attached hydrogens (tertiary/aromatic N) is 2. The number of carbonyl (C=O) groups is 2. The smallest absolute Gasteiger partial charge is 0.246 e. The van der Waals surface area contributed by atoms with Crippen molar-refractivity contribution in [3.8, 4) is 22.6 Å². The van der Waals surface area contributed by atoms with Crippen molar-refractivity contribution >= 4 is 24.0 Å². The van der Waals surface area contributed by atoms with Crippen LogP contribution in [-0.4, -0.2) is 58.0 Å². The number of phenolic OH excluding ortho intramolecular Hbond substituents is 2. The number of benzene rings is 2. The third kappa shape index (κ3) is 5.87. The second-order valence-electron chi connectivity index (χ2n) is 8.99. The van der Waals surface area contributed by atoms with Crippen molar-refractivity contribution in [3.05, 3.63) is 59.7 Å². The maximum atomic E-state index is 12.5. The number of phenols is 2. The van der Waals surface area contributed by atoms with Crippen LogP contribution in [0.2, 0.25) is 0 Å². The lowest BCUT2D eigenvalue weighted by Gasteiger charge is -2.25. The molecule has 2 heterocycles. The van der Waals surface area contributed by atoms with E-state index in [1.807, 2.05) is 21.9 Å². The second kappa shape index (κ2) is 11.1. The molecule has 2 aromatic rings. The van der Waals surface area contributed by atoms with Gasteiger partial charge < -0.3 is 20.0 Å². The molecule has 2 aromatic carbocycles. The first kappa shape index (κ1) is 23.6. The molecule has 2 amide bonds. The Kier molecular flexibility index (Phi) is 7.68. The van der Waals surface area contributed by atoms with Crippen molar-refractivity contribution < 1.29 is 19.8 Å². The molecule has 0 saturated carbocycles. The van der Waals surface area contributed by atoms with Gasteiger partial charge in [0.15, 0.2) is 0 Å². The van der Waals surface area contributed by atoms with E-state index in [0.717, 1.165) is 75.8 Å². The van der Waals surface area contributed by atoms with Gasteiger partial charge in [0.05, 0.1) is 0 Å². The van der Waals surface area contributed by atoms with Crippen LogP contribution in [0.3, 0.4) is 0 Å². The molecule has 2 aliphatic heterocycles. The van der Waals surface area contributed by atoms with Crippen molar-refractivity contribution in [1.29, 1.82) is 0 Å². The molecule has 0 atom stereocenters. The lowest BCUT2D eigenvalue weighted by molar-refractivity contribution is -0.127. The minimum atomic E-state index is -0.0417. The molecule has 2 fully saturated rings. The quantitative estimate of drug-likeness (QED) is 0.627. The van der Waals surface area contributed by atoms with Gasteiger partial charge in [0, 0.05) is 49.5 Å². The topological polar surface area (TPSA) is 81.1 Å². The van der Waals surface area contributed by atoms with E-state index in [-0.39, 0.29) is 23.3 Å². The first-order valence-electron chi connectivity index (χ1n) is 12.1. The number of piperidine rings is 2. The molecule has 0 spiro atoms. The Balaban J connectivity index is 1.51. The molecule has 6 heteroatoms. The van der Waals surface area contributed by atoms with Crippen LogP contribution in [0.4, 0.5) is 0 Å². The summed E-state index contributed by atoms with van der Waals surface area (Å²) in [5.41, 5.74) is 2.77. The summed E-state index contributed by atoms with van der Waals surface area (Å²) in [7, 11) is 0. The van der Waals surface area contributed by atoms with Gasteiger partial charge in [-0.25, -0.2) is 0 Å². The summed E-state index contributed by atoms with van der Waals surface area (Å²) < 4.78 is 0. The molecule has 34 heavy (non-hydrogen) atoms. The van der Waals surface area contributed by atoms with Gasteiger partial charge in [-0.2, -0.15) is 0 Å². The van der Waals surface area contributed by atoms with Crippen molar-refractivity contribution in [2.75, 3.05) is 26.2 Å². The van der Waals surface area contributed by atoms with Crippen LogP contribution in [-0.2, 0) is 9.59 Å². The molecule has 4 rings (SSSR count). The standard InChI is InChI=1S/C28H32N2O4/c31-25-11-7-21(19-23(25)9-13-27(33)29-15-3-1-4-16-29)22-8-12-26(32)24(20-22)10-14-28(34)30-17-5-2-6-18-30/h7-14,19-20,31-32H,1-6,15-18H2. The monoisotopic (exact) mass is 460 g/mol. The van der Waals surface area contributed by atoms with Crippen molar-refractivity contribution in [2.45, 2.75) is 38.5 Å². The molecule has 6 nitrogen and oxygen atoms in total. The molecule has 2 saturated heterocycles. The highest BCUT2D eigenvalue weighted by Crippen LogP contribution is 2.30. The van der Waals surface area contributed by atoms with E-state index < -0.39 is 0 Å². The van der Waals surface area contributed by atoms with Crippen LogP contribution in [0.25, 0.3) is 23.3 Å². The van der Waals surface area contributed by atoms with Gasteiger partial charge in [-0.15, -0.1) is 0 Å². The highest BCUT2D eigenvalue weighted by Gasteiger charge is 2.15. The van der Waals surface area contributed by atoms with Crippen LogP contribution in [0.15, 0.2) is 48.6 Å². The molecule has 0 bridgehead atoms. The summed E-state index contributed by atoms with van der Waals surface area (Å²) in [6.07, 6.45) is 12.8. The number of carbonyl (C=O) groups excluding carboxylic acids is 2. The van der Waals surface area contributed by atoms with Gasteiger partial charge in [0.25, 0.3) is 0 Å². The van der Waals surface area contributed by atoms with Crippen LogP contribution >= 0.6 is 0 Å². The highest BCUT2D eigenvalue weighted by molar-refractivity contribution is 5.93.